The number of nitrogens with one attached hydrogen (secondary N) is 2. The number of nitriles is 1. The molecule has 0 fully saturated rings. The lowest BCUT2D eigenvalue weighted by atomic mass is 9.89. The normalized spacial score (nSPS) is 18.7. The van der Waals surface area contributed by atoms with E-state index < -0.39 is 41.0 Å². The molecule has 1 aromatic rings. The lowest BCUT2D eigenvalue weighted by Gasteiger charge is -2.29. The van der Waals surface area contributed by atoms with Crippen molar-refractivity contribution in [3.8, 4) is 6.07 Å². The van der Waals surface area contributed by atoms with Crippen molar-refractivity contribution in [3.63, 3.8) is 0 Å². The van der Waals surface area contributed by atoms with Gasteiger partial charge in [0.2, 0.25) is 12.3 Å². The summed E-state index contributed by atoms with van der Waals surface area (Å²) in [5, 5.41) is 24.3. The van der Waals surface area contributed by atoms with Gasteiger partial charge in [-0.1, -0.05) is 12.1 Å². The fourth-order valence-corrected chi connectivity index (χ4v) is 3.72. The number of carbonyl (C=O) groups excluding carboxylic acids is 3. The number of carbonyl (C=O) groups is 3. The zero-order valence-corrected chi connectivity index (χ0v) is 18.0. The number of benzene rings is 1. The largest absolute Gasteiger partial charge is 0.504 e. The first-order valence-corrected chi connectivity index (χ1v) is 10.3. The fraction of sp³-hybridized carbons (Fsp3) is 0.217. The summed E-state index contributed by atoms with van der Waals surface area (Å²) in [7, 11) is 1.40. The highest BCUT2D eigenvalue weighted by Crippen LogP contribution is 2.30. The second-order valence-corrected chi connectivity index (χ2v) is 7.50. The van der Waals surface area contributed by atoms with Gasteiger partial charge in [0.1, 0.15) is 5.82 Å². The fourth-order valence-electron chi connectivity index (χ4n) is 3.72. The average molecular weight is 464 g/mol. The van der Waals surface area contributed by atoms with Crippen LogP contribution in [0.15, 0.2) is 64.3 Å². The maximum atomic E-state index is 13.3. The summed E-state index contributed by atoms with van der Waals surface area (Å²) in [5.74, 6) is -3.56. The number of ether oxygens (including phenoxy) is 1. The average Bonchev–Trinajstić information content (AvgIpc) is 2.84. The minimum Gasteiger partial charge on any atom is -0.504 e. The van der Waals surface area contributed by atoms with Crippen molar-refractivity contribution >= 4 is 29.1 Å². The minimum atomic E-state index is -0.968. The van der Waals surface area contributed by atoms with Gasteiger partial charge in [0.15, 0.2) is 17.0 Å². The summed E-state index contributed by atoms with van der Waals surface area (Å²) in [6, 6.07) is 7.65. The number of likely N-dealkylation sites (N-methyl/N-ethyl adjacent to an activating group) is 1. The van der Waals surface area contributed by atoms with E-state index >= 15 is 0 Å². The van der Waals surface area contributed by atoms with E-state index in [2.05, 4.69) is 15.6 Å². The quantitative estimate of drug-likeness (QED) is 0.318. The van der Waals surface area contributed by atoms with Crippen molar-refractivity contribution in [1.29, 1.82) is 5.26 Å². The van der Waals surface area contributed by atoms with Gasteiger partial charge in [0.05, 0.1) is 12.5 Å². The van der Waals surface area contributed by atoms with Crippen LogP contribution < -0.4 is 10.6 Å². The topological polar surface area (TPSA) is 144 Å². The molecule has 3 N–H and O–H groups in total. The number of rotatable bonds is 6. The van der Waals surface area contributed by atoms with E-state index in [-0.39, 0.29) is 36.6 Å². The maximum absolute atomic E-state index is 13.3. The Morgan fingerprint density at radius 3 is 2.71 bits per heavy atom. The van der Waals surface area contributed by atoms with E-state index in [1.165, 1.54) is 25.4 Å². The maximum Gasteiger partial charge on any atom is 0.434 e. The Morgan fingerprint density at radius 2 is 2.03 bits per heavy atom. The molecule has 34 heavy (non-hydrogen) atoms. The van der Waals surface area contributed by atoms with Gasteiger partial charge in [0.25, 0.3) is 23.3 Å². The highest BCUT2D eigenvalue weighted by molar-refractivity contribution is 6.52. The lowest BCUT2D eigenvalue weighted by Crippen LogP contribution is -2.52. The number of allylic oxidation sites excluding steroid dienone is 1. The molecule has 172 valence electrons. The second-order valence-electron chi connectivity index (χ2n) is 7.50. The second kappa shape index (κ2) is 9.11. The first kappa shape index (κ1) is 22.6. The van der Waals surface area contributed by atoms with Crippen molar-refractivity contribution in [2.75, 3.05) is 13.6 Å². The number of aliphatic imine (C=N–C) groups is 1. The van der Waals surface area contributed by atoms with Crippen molar-refractivity contribution in [3.05, 3.63) is 70.7 Å². The van der Waals surface area contributed by atoms with Crippen molar-refractivity contribution < 1.29 is 33.2 Å². The van der Waals surface area contributed by atoms with Gasteiger partial charge < -0.3 is 20.5 Å². The SMILES string of the molecule is CNC(=O)C1=C[N+]2=C3C(=NC=C(Cc4ccc(F)cc4)C3O1)C(O)=C(C(=O)NCCC#N)C2=O. The monoisotopic (exact) mass is 464 g/mol. The molecule has 0 aliphatic carbocycles. The molecule has 3 heterocycles. The Labute approximate surface area is 193 Å². The summed E-state index contributed by atoms with van der Waals surface area (Å²) in [5.41, 5.74) is 0.822. The molecular weight excluding hydrogens is 445 g/mol. The van der Waals surface area contributed by atoms with Crippen LogP contribution in [0.2, 0.25) is 0 Å². The van der Waals surface area contributed by atoms with E-state index in [0.717, 1.165) is 16.3 Å². The molecule has 0 spiro atoms. The molecule has 1 atom stereocenters. The molecule has 3 amide bonds. The van der Waals surface area contributed by atoms with Crippen LogP contribution in [0, 0.1) is 17.1 Å². The van der Waals surface area contributed by atoms with Crippen LogP contribution in [-0.2, 0) is 25.5 Å². The van der Waals surface area contributed by atoms with Gasteiger partial charge in [-0.15, -0.1) is 4.58 Å². The number of aliphatic hydroxyl groups is 1. The summed E-state index contributed by atoms with van der Waals surface area (Å²) in [6.45, 7) is -0.0186. The van der Waals surface area contributed by atoms with E-state index in [4.69, 9.17) is 10.00 Å². The van der Waals surface area contributed by atoms with Crippen LogP contribution in [-0.4, -0.2) is 58.5 Å². The number of nitrogens with zero attached hydrogens (tertiary/aromatic N) is 3. The first-order valence-electron chi connectivity index (χ1n) is 10.3. The molecule has 3 aliphatic heterocycles. The molecule has 0 aromatic heterocycles. The predicted molar refractivity (Wildman–Crippen MR) is 116 cm³/mol. The molecule has 0 saturated heterocycles. The molecule has 0 saturated carbocycles. The van der Waals surface area contributed by atoms with Gasteiger partial charge in [-0.05, 0) is 24.1 Å². The van der Waals surface area contributed by atoms with Gasteiger partial charge >= 0.3 is 5.91 Å². The third kappa shape index (κ3) is 3.97. The van der Waals surface area contributed by atoms with Gasteiger partial charge in [-0.2, -0.15) is 5.26 Å². The van der Waals surface area contributed by atoms with Crippen LogP contribution in [0.4, 0.5) is 4.39 Å². The van der Waals surface area contributed by atoms with E-state index in [9.17, 15) is 23.9 Å². The minimum absolute atomic E-state index is 0.0160. The molecule has 1 aromatic carbocycles. The molecule has 0 radical (unpaired) electrons. The molecule has 11 heteroatoms. The van der Waals surface area contributed by atoms with Crippen LogP contribution in [0.5, 0.6) is 0 Å². The standard InChI is InChI=1S/C23H18FN5O5/c1-26-21(31)15-11-29-18-17(19(30)16(23(29)33)22(32)27-8-2-7-25)28-10-13(20(18)34-15)9-12-3-5-14(24)6-4-12/h3-6,10-11,20H,2,8-9H2,1H3,(H2-,26,27,30,31,32,33)/p+1. The molecular formula is C23H19FN5O5+. The van der Waals surface area contributed by atoms with Crippen LogP contribution in [0.3, 0.4) is 0 Å². The van der Waals surface area contributed by atoms with Crippen LogP contribution in [0.25, 0.3) is 0 Å². The van der Waals surface area contributed by atoms with E-state index in [1.54, 1.807) is 12.1 Å². The van der Waals surface area contributed by atoms with E-state index in [1.807, 2.05) is 6.07 Å². The number of hydrogen-bond acceptors (Lipinski definition) is 7. The number of halogens is 1. The third-order valence-corrected chi connectivity index (χ3v) is 5.35. The first-order chi connectivity index (χ1) is 16.3. The zero-order chi connectivity index (χ0) is 24.4. The van der Waals surface area contributed by atoms with Crippen molar-refractivity contribution in [2.24, 2.45) is 4.99 Å². The molecule has 3 aliphatic rings. The van der Waals surface area contributed by atoms with Crippen molar-refractivity contribution in [2.45, 2.75) is 18.9 Å². The Kier molecular flexibility index (Phi) is 6.05. The van der Waals surface area contributed by atoms with Crippen LogP contribution in [0.1, 0.15) is 12.0 Å². The Balaban J connectivity index is 1.79. The summed E-state index contributed by atoms with van der Waals surface area (Å²) < 4.78 is 20.3. The summed E-state index contributed by atoms with van der Waals surface area (Å²) >= 11 is 0. The van der Waals surface area contributed by atoms with Gasteiger partial charge in [-0.3, -0.25) is 9.59 Å². The van der Waals surface area contributed by atoms with Crippen molar-refractivity contribution in [1.82, 2.24) is 10.6 Å². The zero-order valence-electron chi connectivity index (χ0n) is 18.0. The number of amides is 3. The molecule has 1 unspecified atom stereocenters. The number of hydrogen-bond donors (Lipinski definition) is 3. The van der Waals surface area contributed by atoms with Crippen LogP contribution >= 0.6 is 0 Å². The predicted octanol–water partition coefficient (Wildman–Crippen LogP) is 0.529. The Hall–Kier alpha value is -4.59. The smallest absolute Gasteiger partial charge is 0.434 e. The highest BCUT2D eigenvalue weighted by atomic mass is 19.1. The summed E-state index contributed by atoms with van der Waals surface area (Å²) in [4.78, 5) is 42.5. The molecule has 4 rings (SSSR count). The summed E-state index contributed by atoms with van der Waals surface area (Å²) in [6.07, 6.45) is 1.87. The Morgan fingerprint density at radius 1 is 1.29 bits per heavy atom. The molecule has 0 bridgehead atoms. The highest BCUT2D eigenvalue weighted by Gasteiger charge is 2.52. The van der Waals surface area contributed by atoms with Gasteiger partial charge in [-0.25, -0.2) is 14.2 Å². The number of aliphatic hydroxyl groups excluding tert-OH is 1. The molecule has 10 nitrogen and oxygen atoms in total. The van der Waals surface area contributed by atoms with Gasteiger partial charge in [0, 0.05) is 25.4 Å². The Bertz CT molecular complexity index is 1300. The third-order valence-electron chi connectivity index (χ3n) is 5.35. The van der Waals surface area contributed by atoms with E-state index in [0.29, 0.717) is 5.57 Å². The lowest BCUT2D eigenvalue weighted by molar-refractivity contribution is -0.385.